The van der Waals surface area contributed by atoms with Crippen LogP contribution in [0.3, 0.4) is 0 Å². The number of carbonyl (C=O) groups excluding carboxylic acids is 2. The highest BCUT2D eigenvalue weighted by Gasteiger charge is 2.53. The first kappa shape index (κ1) is 24.1. The van der Waals surface area contributed by atoms with E-state index in [1.807, 2.05) is 6.07 Å². The summed E-state index contributed by atoms with van der Waals surface area (Å²) in [6.07, 6.45) is 0.625. The number of alkyl halides is 2. The van der Waals surface area contributed by atoms with Crippen molar-refractivity contribution in [2.75, 3.05) is 6.61 Å². The Hall–Kier alpha value is -4.21. The van der Waals surface area contributed by atoms with Gasteiger partial charge in [-0.05, 0) is 61.2 Å². The molecule has 0 saturated heterocycles. The monoisotopic (exact) mass is 522 g/mol. The van der Waals surface area contributed by atoms with Crippen LogP contribution in [0.2, 0.25) is 0 Å². The van der Waals surface area contributed by atoms with Gasteiger partial charge in [-0.25, -0.2) is 4.79 Å². The second kappa shape index (κ2) is 8.97. The van der Waals surface area contributed by atoms with Gasteiger partial charge in [0, 0.05) is 18.2 Å². The van der Waals surface area contributed by atoms with Crippen molar-refractivity contribution in [3.05, 3.63) is 83.2 Å². The number of ether oxygens (including phenoxy) is 4. The van der Waals surface area contributed by atoms with Crippen molar-refractivity contribution in [2.24, 2.45) is 0 Å². The number of rotatable bonds is 6. The standard InChI is InChI=1S/C28H24F2N2O6/c1-2-35-25(33)17-5-3-4-16(12-17)22-14-20(19-8-11-31-15-24(19)36-22)32-26(34)27(9-10-27)18-6-7-21-23(13-18)38-28(29,30)37-21/h3-8,11-13,15,20,22H,2,9-10,14H2,1H3,(H,32,34)/t20-,22-/m1/s1. The van der Waals surface area contributed by atoms with Gasteiger partial charge in [0.2, 0.25) is 5.91 Å². The van der Waals surface area contributed by atoms with Crippen LogP contribution in [0, 0.1) is 0 Å². The predicted molar refractivity (Wildman–Crippen MR) is 129 cm³/mol. The smallest absolute Gasteiger partial charge is 0.484 e. The van der Waals surface area contributed by atoms with E-state index >= 15 is 0 Å². The highest BCUT2D eigenvalue weighted by molar-refractivity contribution is 5.92. The number of carbonyl (C=O) groups is 2. The zero-order valence-corrected chi connectivity index (χ0v) is 20.4. The molecule has 3 aliphatic rings. The minimum atomic E-state index is -3.72. The number of benzene rings is 2. The molecule has 0 unspecified atom stereocenters. The molecule has 2 aliphatic heterocycles. The lowest BCUT2D eigenvalue weighted by Gasteiger charge is -2.33. The number of nitrogens with one attached hydrogen (secondary N) is 1. The van der Waals surface area contributed by atoms with Crippen molar-refractivity contribution in [1.82, 2.24) is 10.3 Å². The third-order valence-corrected chi connectivity index (χ3v) is 7.12. The topological polar surface area (TPSA) is 96.0 Å². The molecule has 10 heteroatoms. The van der Waals surface area contributed by atoms with Gasteiger partial charge in [0.05, 0.1) is 29.8 Å². The van der Waals surface area contributed by atoms with Crippen LogP contribution in [0.4, 0.5) is 8.78 Å². The number of aromatic nitrogens is 1. The molecule has 3 aromatic rings. The minimum absolute atomic E-state index is 0.0614. The average molecular weight is 523 g/mol. The van der Waals surface area contributed by atoms with Crippen LogP contribution in [-0.2, 0) is 14.9 Å². The number of halogens is 2. The Morgan fingerprint density at radius 1 is 1.08 bits per heavy atom. The van der Waals surface area contributed by atoms with Gasteiger partial charge in [0.15, 0.2) is 11.5 Å². The molecule has 1 aliphatic carbocycles. The zero-order chi connectivity index (χ0) is 26.5. The molecular formula is C28H24F2N2O6. The van der Waals surface area contributed by atoms with E-state index in [-0.39, 0.29) is 24.0 Å². The van der Waals surface area contributed by atoms with Gasteiger partial charge in [0.1, 0.15) is 11.9 Å². The second-order valence-corrected chi connectivity index (χ2v) is 9.54. The molecule has 2 atom stereocenters. The van der Waals surface area contributed by atoms with E-state index in [0.29, 0.717) is 36.1 Å². The molecule has 1 amide bonds. The quantitative estimate of drug-likeness (QED) is 0.456. The molecule has 3 heterocycles. The van der Waals surface area contributed by atoms with Crippen molar-refractivity contribution in [3.63, 3.8) is 0 Å². The number of esters is 1. The zero-order valence-electron chi connectivity index (χ0n) is 20.4. The van der Waals surface area contributed by atoms with Gasteiger partial charge >= 0.3 is 12.3 Å². The molecule has 196 valence electrons. The lowest BCUT2D eigenvalue weighted by molar-refractivity contribution is -0.286. The summed E-state index contributed by atoms with van der Waals surface area (Å²) in [6, 6.07) is 12.9. The normalized spacial score (nSPS) is 21.6. The minimum Gasteiger partial charge on any atom is -0.484 e. The third-order valence-electron chi connectivity index (χ3n) is 7.12. The highest BCUT2D eigenvalue weighted by atomic mass is 19.3. The largest absolute Gasteiger partial charge is 0.586 e. The summed E-state index contributed by atoms with van der Waals surface area (Å²) in [4.78, 5) is 30.1. The van der Waals surface area contributed by atoms with E-state index in [4.69, 9.17) is 9.47 Å². The molecule has 6 rings (SSSR count). The molecule has 1 aromatic heterocycles. The summed E-state index contributed by atoms with van der Waals surface area (Å²) in [6.45, 7) is 2.01. The van der Waals surface area contributed by atoms with Gasteiger partial charge in [-0.2, -0.15) is 0 Å². The first-order valence-corrected chi connectivity index (χ1v) is 12.4. The van der Waals surface area contributed by atoms with Crippen LogP contribution in [0.5, 0.6) is 17.2 Å². The van der Waals surface area contributed by atoms with Gasteiger partial charge in [-0.1, -0.05) is 18.2 Å². The van der Waals surface area contributed by atoms with Crippen LogP contribution in [0.15, 0.2) is 60.9 Å². The van der Waals surface area contributed by atoms with Gasteiger partial charge in [-0.15, -0.1) is 8.78 Å². The number of pyridine rings is 1. The molecule has 0 bridgehead atoms. The first-order chi connectivity index (χ1) is 18.3. The fraction of sp³-hybridized carbons (Fsp3) is 0.321. The fourth-order valence-electron chi connectivity index (χ4n) is 5.06. The summed E-state index contributed by atoms with van der Waals surface area (Å²) < 4.78 is 47.4. The molecular weight excluding hydrogens is 498 g/mol. The van der Waals surface area contributed by atoms with E-state index in [1.165, 1.54) is 12.1 Å². The number of amides is 1. The second-order valence-electron chi connectivity index (χ2n) is 9.54. The summed E-state index contributed by atoms with van der Waals surface area (Å²) >= 11 is 0. The highest BCUT2D eigenvalue weighted by Crippen LogP contribution is 2.52. The maximum absolute atomic E-state index is 13.6. The van der Waals surface area contributed by atoms with E-state index in [9.17, 15) is 18.4 Å². The van der Waals surface area contributed by atoms with Crippen LogP contribution >= 0.6 is 0 Å². The molecule has 0 spiro atoms. The summed E-state index contributed by atoms with van der Waals surface area (Å²) in [5, 5.41) is 3.16. The number of hydrogen-bond donors (Lipinski definition) is 1. The Morgan fingerprint density at radius 3 is 2.68 bits per heavy atom. The number of nitrogens with zero attached hydrogens (tertiary/aromatic N) is 1. The van der Waals surface area contributed by atoms with E-state index in [0.717, 1.165) is 11.1 Å². The summed E-state index contributed by atoms with van der Waals surface area (Å²) in [7, 11) is 0. The lowest BCUT2D eigenvalue weighted by Crippen LogP contribution is -2.39. The fourth-order valence-corrected chi connectivity index (χ4v) is 5.06. The summed E-state index contributed by atoms with van der Waals surface area (Å²) in [5.41, 5.74) is 1.71. The maximum Gasteiger partial charge on any atom is 0.586 e. The Labute approximate surface area is 216 Å². The van der Waals surface area contributed by atoms with Crippen molar-refractivity contribution in [3.8, 4) is 17.2 Å². The van der Waals surface area contributed by atoms with E-state index in [1.54, 1.807) is 49.6 Å². The Kier molecular flexibility index (Phi) is 5.70. The van der Waals surface area contributed by atoms with Crippen molar-refractivity contribution >= 4 is 11.9 Å². The molecule has 1 fully saturated rings. The number of fused-ring (bicyclic) bond motifs is 2. The lowest BCUT2D eigenvalue weighted by atomic mass is 9.90. The van der Waals surface area contributed by atoms with Gasteiger partial charge in [0.25, 0.3) is 0 Å². The number of hydrogen-bond acceptors (Lipinski definition) is 7. The summed E-state index contributed by atoms with van der Waals surface area (Å²) in [5.74, 6) is -0.249. The van der Waals surface area contributed by atoms with Gasteiger partial charge < -0.3 is 24.3 Å². The van der Waals surface area contributed by atoms with E-state index in [2.05, 4.69) is 19.8 Å². The average Bonchev–Trinajstić information content (AvgIpc) is 3.66. The van der Waals surface area contributed by atoms with Crippen LogP contribution in [-0.4, -0.2) is 29.8 Å². The molecule has 0 radical (unpaired) electrons. The maximum atomic E-state index is 13.6. The molecule has 2 aromatic carbocycles. The van der Waals surface area contributed by atoms with Crippen LogP contribution < -0.4 is 19.5 Å². The predicted octanol–water partition coefficient (Wildman–Crippen LogP) is 4.99. The molecule has 1 N–H and O–H groups in total. The Morgan fingerprint density at radius 2 is 1.89 bits per heavy atom. The Bertz CT molecular complexity index is 1420. The molecule has 1 saturated carbocycles. The SMILES string of the molecule is CCOC(=O)c1cccc([C@H]2C[C@@H](NC(=O)C3(c4ccc5c(c4)OC(F)(F)O5)CC3)c3ccncc3O2)c1. The molecule has 8 nitrogen and oxygen atoms in total. The van der Waals surface area contributed by atoms with Crippen molar-refractivity contribution < 1.29 is 37.3 Å². The van der Waals surface area contributed by atoms with Crippen LogP contribution in [0.25, 0.3) is 0 Å². The Balaban J connectivity index is 1.25. The van der Waals surface area contributed by atoms with Crippen LogP contribution in [0.1, 0.15) is 65.4 Å². The van der Waals surface area contributed by atoms with Crippen molar-refractivity contribution in [2.45, 2.75) is 50.0 Å². The first-order valence-electron chi connectivity index (χ1n) is 12.4. The van der Waals surface area contributed by atoms with Crippen molar-refractivity contribution in [1.29, 1.82) is 0 Å². The third kappa shape index (κ3) is 4.29. The molecule has 38 heavy (non-hydrogen) atoms. The van der Waals surface area contributed by atoms with E-state index < -0.39 is 29.8 Å². The van der Waals surface area contributed by atoms with Gasteiger partial charge in [-0.3, -0.25) is 9.78 Å².